The second kappa shape index (κ2) is 5.89. The number of thioether (sulfide) groups is 1. The molecular weight excluding hydrogens is 234 g/mol. The molecule has 1 fully saturated rings. The molecule has 2 aliphatic heterocycles. The van der Waals surface area contributed by atoms with Gasteiger partial charge in [0, 0.05) is 19.3 Å². The van der Waals surface area contributed by atoms with E-state index in [0.29, 0.717) is 12.6 Å². The van der Waals surface area contributed by atoms with Gasteiger partial charge in [0.25, 0.3) is 0 Å². The molecular formula is C13H22NO2S+. The zero-order valence-corrected chi connectivity index (χ0v) is 11.6. The van der Waals surface area contributed by atoms with Crippen LogP contribution in [0.4, 0.5) is 0 Å². The van der Waals surface area contributed by atoms with E-state index in [0.717, 1.165) is 25.8 Å². The number of fused-ring (bicyclic) bond motifs is 1. The largest absolute Gasteiger partial charge is 0.466 e. The number of piperidine rings is 1. The summed E-state index contributed by atoms with van der Waals surface area (Å²) in [6, 6.07) is 0.402. The van der Waals surface area contributed by atoms with Crippen LogP contribution in [0.3, 0.4) is 0 Å². The Morgan fingerprint density at radius 3 is 3.00 bits per heavy atom. The molecule has 2 atom stereocenters. The van der Waals surface area contributed by atoms with E-state index in [2.05, 4.69) is 10.8 Å². The van der Waals surface area contributed by atoms with Crippen LogP contribution in [0.5, 0.6) is 0 Å². The van der Waals surface area contributed by atoms with Gasteiger partial charge in [0.2, 0.25) is 5.04 Å². The molecule has 0 aliphatic carbocycles. The highest BCUT2D eigenvalue weighted by Gasteiger charge is 2.43. The molecule has 0 spiro atoms. The Morgan fingerprint density at radius 1 is 1.47 bits per heavy atom. The van der Waals surface area contributed by atoms with E-state index >= 15 is 0 Å². The Kier molecular flexibility index (Phi) is 4.48. The number of esters is 1. The Balaban J connectivity index is 2.17. The van der Waals surface area contributed by atoms with Crippen molar-refractivity contribution in [3.05, 3.63) is 0 Å². The average Bonchev–Trinajstić information content (AvgIpc) is 2.37. The third-order valence-electron chi connectivity index (χ3n) is 3.83. The van der Waals surface area contributed by atoms with Crippen LogP contribution in [0.1, 0.15) is 39.0 Å². The minimum atomic E-state index is 0.0181. The molecule has 0 aromatic heterocycles. The van der Waals surface area contributed by atoms with E-state index < -0.39 is 0 Å². The van der Waals surface area contributed by atoms with Crippen LogP contribution in [0.2, 0.25) is 0 Å². The normalized spacial score (nSPS) is 28.8. The van der Waals surface area contributed by atoms with Crippen LogP contribution in [0.25, 0.3) is 0 Å². The molecule has 0 saturated carbocycles. The zero-order chi connectivity index (χ0) is 12.3. The fraction of sp³-hybridized carbons (Fsp3) is 0.846. The standard InChI is InChI=1S/C13H22NO2S/c1-3-16-13(15)10-7-8-12(17-2)14-9-5-4-6-11(10)14/h10-11H,3-9H2,1-2H3/q+1. The van der Waals surface area contributed by atoms with Gasteiger partial charge in [-0.15, -0.1) is 0 Å². The highest BCUT2D eigenvalue weighted by molar-refractivity contribution is 8.13. The number of rotatable bonds is 2. The lowest BCUT2D eigenvalue weighted by atomic mass is 9.85. The molecule has 4 heteroatoms. The number of nitrogens with zero attached hydrogens (tertiary/aromatic N) is 1. The zero-order valence-electron chi connectivity index (χ0n) is 10.8. The molecule has 0 aromatic carbocycles. The van der Waals surface area contributed by atoms with E-state index in [1.807, 2.05) is 18.7 Å². The van der Waals surface area contributed by atoms with Gasteiger partial charge in [-0.05, 0) is 26.0 Å². The summed E-state index contributed by atoms with van der Waals surface area (Å²) in [6.45, 7) is 3.51. The third-order valence-corrected chi connectivity index (χ3v) is 4.74. The monoisotopic (exact) mass is 256 g/mol. The van der Waals surface area contributed by atoms with Gasteiger partial charge < -0.3 is 4.74 Å². The lowest BCUT2D eigenvalue weighted by Crippen LogP contribution is -2.47. The van der Waals surface area contributed by atoms with Crippen molar-refractivity contribution in [3.8, 4) is 0 Å². The highest BCUT2D eigenvalue weighted by Crippen LogP contribution is 2.31. The summed E-state index contributed by atoms with van der Waals surface area (Å²) < 4.78 is 7.69. The first kappa shape index (κ1) is 12.9. The Bertz CT molecular complexity index is 327. The predicted octanol–water partition coefficient (Wildman–Crippen LogP) is 2.29. The maximum absolute atomic E-state index is 12.0. The SMILES string of the molecule is CCOC(=O)C1CCC(SC)=[N+]2CCCCC12. The van der Waals surface area contributed by atoms with Crippen molar-refractivity contribution in [2.45, 2.75) is 45.1 Å². The summed E-state index contributed by atoms with van der Waals surface area (Å²) in [5, 5.41) is 1.47. The average molecular weight is 256 g/mol. The third kappa shape index (κ3) is 2.67. The molecule has 0 N–H and O–H groups in total. The Morgan fingerprint density at radius 2 is 2.29 bits per heavy atom. The maximum Gasteiger partial charge on any atom is 0.315 e. The molecule has 2 heterocycles. The minimum absolute atomic E-state index is 0.0181. The molecule has 0 radical (unpaired) electrons. The van der Waals surface area contributed by atoms with Gasteiger partial charge in [0.15, 0.2) is 6.04 Å². The lowest BCUT2D eigenvalue weighted by Gasteiger charge is -2.31. The Hall–Kier alpha value is -0.510. The van der Waals surface area contributed by atoms with Crippen LogP contribution in [-0.4, -0.2) is 41.0 Å². The number of hydrogen-bond acceptors (Lipinski definition) is 3. The van der Waals surface area contributed by atoms with Gasteiger partial charge in [-0.3, -0.25) is 4.79 Å². The summed E-state index contributed by atoms with van der Waals surface area (Å²) in [5.74, 6) is 0.121. The molecule has 2 rings (SSSR count). The highest BCUT2D eigenvalue weighted by atomic mass is 32.2. The fourth-order valence-corrected chi connectivity index (χ4v) is 3.83. The number of carbonyl (C=O) groups excluding carboxylic acids is 1. The topological polar surface area (TPSA) is 29.3 Å². The molecule has 0 aromatic rings. The van der Waals surface area contributed by atoms with Crippen LogP contribution in [0, 0.1) is 5.92 Å². The summed E-state index contributed by atoms with van der Waals surface area (Å²) in [6.07, 6.45) is 7.81. The van der Waals surface area contributed by atoms with Gasteiger partial charge in [-0.1, -0.05) is 11.8 Å². The van der Waals surface area contributed by atoms with Crippen molar-refractivity contribution in [1.82, 2.24) is 0 Å². The predicted molar refractivity (Wildman–Crippen MR) is 70.6 cm³/mol. The van der Waals surface area contributed by atoms with Crippen LogP contribution in [-0.2, 0) is 9.53 Å². The summed E-state index contributed by atoms with van der Waals surface area (Å²) in [7, 11) is 0. The smallest absolute Gasteiger partial charge is 0.315 e. The fourth-order valence-electron chi connectivity index (χ4n) is 3.04. The molecule has 2 unspecified atom stereocenters. The Labute approximate surface area is 108 Å². The van der Waals surface area contributed by atoms with E-state index in [1.165, 1.54) is 17.9 Å². The maximum atomic E-state index is 12.0. The molecule has 3 nitrogen and oxygen atoms in total. The van der Waals surface area contributed by atoms with E-state index in [9.17, 15) is 4.79 Å². The second-order valence-electron chi connectivity index (χ2n) is 4.75. The van der Waals surface area contributed by atoms with Crippen molar-refractivity contribution in [3.63, 3.8) is 0 Å². The first-order valence-electron chi connectivity index (χ1n) is 6.61. The quantitative estimate of drug-likeness (QED) is 0.561. The van der Waals surface area contributed by atoms with Gasteiger partial charge in [0.05, 0.1) is 6.61 Å². The molecule has 0 amide bonds. The van der Waals surface area contributed by atoms with Gasteiger partial charge >= 0.3 is 5.97 Å². The summed E-state index contributed by atoms with van der Waals surface area (Å²) in [5.41, 5.74) is 0. The van der Waals surface area contributed by atoms with Crippen LogP contribution >= 0.6 is 11.8 Å². The lowest BCUT2D eigenvalue weighted by molar-refractivity contribution is -0.585. The molecule has 1 saturated heterocycles. The number of carbonyl (C=O) groups is 1. The van der Waals surface area contributed by atoms with Crippen LogP contribution < -0.4 is 0 Å². The number of hydrogen-bond donors (Lipinski definition) is 0. The van der Waals surface area contributed by atoms with E-state index in [4.69, 9.17) is 4.74 Å². The van der Waals surface area contributed by atoms with Crippen molar-refractivity contribution in [2.75, 3.05) is 19.4 Å². The number of ether oxygens (including phenoxy) is 1. The van der Waals surface area contributed by atoms with E-state index in [-0.39, 0.29) is 11.9 Å². The first-order valence-corrected chi connectivity index (χ1v) is 7.83. The van der Waals surface area contributed by atoms with Gasteiger partial charge in [-0.25, -0.2) is 4.58 Å². The van der Waals surface area contributed by atoms with Crippen molar-refractivity contribution < 1.29 is 14.1 Å². The summed E-state index contributed by atoms with van der Waals surface area (Å²) in [4.78, 5) is 12.0. The van der Waals surface area contributed by atoms with Gasteiger partial charge in [-0.2, -0.15) is 0 Å². The first-order chi connectivity index (χ1) is 8.27. The molecule has 0 bridgehead atoms. The van der Waals surface area contributed by atoms with Crippen LogP contribution in [0.15, 0.2) is 0 Å². The summed E-state index contributed by atoms with van der Waals surface area (Å²) >= 11 is 1.85. The van der Waals surface area contributed by atoms with Crippen molar-refractivity contribution >= 4 is 22.8 Å². The van der Waals surface area contributed by atoms with Crippen molar-refractivity contribution in [1.29, 1.82) is 0 Å². The molecule has 2 aliphatic rings. The van der Waals surface area contributed by atoms with Crippen molar-refractivity contribution in [2.24, 2.45) is 5.92 Å². The molecule has 96 valence electrons. The van der Waals surface area contributed by atoms with E-state index in [1.54, 1.807) is 0 Å². The minimum Gasteiger partial charge on any atom is -0.466 e. The molecule has 17 heavy (non-hydrogen) atoms. The second-order valence-corrected chi connectivity index (χ2v) is 5.63. The van der Waals surface area contributed by atoms with Gasteiger partial charge in [0.1, 0.15) is 12.5 Å².